The molecule has 2 N–H and O–H groups in total. The topological polar surface area (TPSA) is 76.1 Å². The minimum atomic E-state index is -0.262. The molecule has 0 unspecified atom stereocenters. The maximum absolute atomic E-state index is 11.8. The Morgan fingerprint density at radius 2 is 1.95 bits per heavy atom. The largest absolute Gasteiger partial charge is 0.492 e. The molecule has 21 heavy (non-hydrogen) atoms. The van der Waals surface area contributed by atoms with Gasteiger partial charge in [-0.3, -0.25) is 4.79 Å². The van der Waals surface area contributed by atoms with Crippen molar-refractivity contribution in [1.82, 2.24) is 15.5 Å². The van der Waals surface area contributed by atoms with Crippen LogP contribution in [0.3, 0.4) is 0 Å². The van der Waals surface area contributed by atoms with Crippen LogP contribution < -0.4 is 15.4 Å². The summed E-state index contributed by atoms with van der Waals surface area (Å²) >= 11 is 0. The molecule has 0 saturated carbocycles. The predicted octanol–water partition coefficient (Wildman–Crippen LogP) is 1.72. The van der Waals surface area contributed by atoms with Crippen LogP contribution in [0.15, 0.2) is 42.5 Å². The maximum Gasteiger partial charge on any atom is 0.271 e. The van der Waals surface area contributed by atoms with Crippen molar-refractivity contribution in [1.29, 1.82) is 0 Å². The zero-order valence-corrected chi connectivity index (χ0v) is 11.9. The molecule has 0 aliphatic rings. The highest BCUT2D eigenvalue weighted by atomic mass is 16.5. The van der Waals surface area contributed by atoms with Gasteiger partial charge in [0.15, 0.2) is 5.69 Å². The molecule has 0 aliphatic carbocycles. The fourth-order valence-corrected chi connectivity index (χ4v) is 1.67. The van der Waals surface area contributed by atoms with E-state index in [1.165, 1.54) is 0 Å². The molecule has 0 fully saturated rings. The molecule has 0 aliphatic heterocycles. The first-order valence-electron chi connectivity index (χ1n) is 6.83. The quantitative estimate of drug-likeness (QED) is 0.758. The molecule has 1 heterocycles. The number of rotatable bonds is 7. The number of ether oxygens (including phenoxy) is 1. The summed E-state index contributed by atoms with van der Waals surface area (Å²) in [6, 6.07) is 12.8. The summed E-state index contributed by atoms with van der Waals surface area (Å²) in [7, 11) is 0. The predicted molar refractivity (Wildman–Crippen MR) is 80.5 cm³/mol. The van der Waals surface area contributed by atoms with E-state index in [-0.39, 0.29) is 11.6 Å². The SMILES string of the molecule is CCNc1ccc(C(=O)NCCOc2ccccc2)nn1. The van der Waals surface area contributed by atoms with Gasteiger partial charge in [-0.2, -0.15) is 0 Å². The summed E-state index contributed by atoms with van der Waals surface area (Å²) < 4.78 is 5.48. The zero-order valence-electron chi connectivity index (χ0n) is 11.9. The van der Waals surface area contributed by atoms with Gasteiger partial charge in [-0.05, 0) is 31.2 Å². The van der Waals surface area contributed by atoms with Crippen LogP contribution in [0.25, 0.3) is 0 Å². The smallest absolute Gasteiger partial charge is 0.271 e. The Balaban J connectivity index is 1.74. The first-order valence-corrected chi connectivity index (χ1v) is 6.83. The van der Waals surface area contributed by atoms with E-state index >= 15 is 0 Å². The van der Waals surface area contributed by atoms with E-state index in [1.807, 2.05) is 37.3 Å². The molecule has 0 spiro atoms. The van der Waals surface area contributed by atoms with E-state index in [0.717, 1.165) is 12.3 Å². The normalized spacial score (nSPS) is 9.95. The van der Waals surface area contributed by atoms with Crippen molar-refractivity contribution < 1.29 is 9.53 Å². The van der Waals surface area contributed by atoms with Crippen molar-refractivity contribution in [2.75, 3.05) is 25.0 Å². The Hall–Kier alpha value is -2.63. The fraction of sp³-hybridized carbons (Fsp3) is 0.267. The lowest BCUT2D eigenvalue weighted by molar-refractivity contribution is 0.0941. The molecule has 1 amide bonds. The van der Waals surface area contributed by atoms with E-state index in [0.29, 0.717) is 19.0 Å². The molecular weight excluding hydrogens is 268 g/mol. The lowest BCUT2D eigenvalue weighted by Crippen LogP contribution is -2.29. The number of aromatic nitrogens is 2. The summed E-state index contributed by atoms with van der Waals surface area (Å²) in [5.41, 5.74) is 0.288. The van der Waals surface area contributed by atoms with Crippen LogP contribution in [0.1, 0.15) is 17.4 Å². The summed E-state index contributed by atoms with van der Waals surface area (Å²) in [4.78, 5) is 11.8. The Labute approximate surface area is 123 Å². The third-order valence-corrected chi connectivity index (χ3v) is 2.65. The lowest BCUT2D eigenvalue weighted by Gasteiger charge is -2.07. The van der Waals surface area contributed by atoms with Gasteiger partial charge in [-0.25, -0.2) is 0 Å². The fourth-order valence-electron chi connectivity index (χ4n) is 1.67. The van der Waals surface area contributed by atoms with Crippen molar-refractivity contribution in [3.63, 3.8) is 0 Å². The molecular formula is C15H18N4O2. The molecule has 6 heteroatoms. The van der Waals surface area contributed by atoms with Crippen molar-refractivity contribution in [3.8, 4) is 5.75 Å². The van der Waals surface area contributed by atoms with Crippen LogP contribution >= 0.6 is 0 Å². The van der Waals surface area contributed by atoms with E-state index in [1.54, 1.807) is 12.1 Å². The van der Waals surface area contributed by atoms with Gasteiger partial charge in [0.25, 0.3) is 5.91 Å². The molecule has 0 bridgehead atoms. The molecule has 0 atom stereocenters. The van der Waals surface area contributed by atoms with Gasteiger partial charge >= 0.3 is 0 Å². The zero-order chi connectivity index (χ0) is 14.9. The van der Waals surface area contributed by atoms with Gasteiger partial charge in [0.1, 0.15) is 18.2 Å². The number of carbonyl (C=O) groups is 1. The monoisotopic (exact) mass is 286 g/mol. The second kappa shape index (κ2) is 7.84. The number of anilines is 1. The molecule has 110 valence electrons. The second-order valence-electron chi connectivity index (χ2n) is 4.25. The van der Waals surface area contributed by atoms with E-state index < -0.39 is 0 Å². The van der Waals surface area contributed by atoms with E-state index in [9.17, 15) is 4.79 Å². The van der Waals surface area contributed by atoms with Gasteiger partial charge in [0.05, 0.1) is 6.54 Å². The van der Waals surface area contributed by atoms with Crippen LogP contribution in [-0.2, 0) is 0 Å². The van der Waals surface area contributed by atoms with Gasteiger partial charge < -0.3 is 15.4 Å². The van der Waals surface area contributed by atoms with Gasteiger partial charge in [0.2, 0.25) is 0 Å². The third-order valence-electron chi connectivity index (χ3n) is 2.65. The van der Waals surface area contributed by atoms with Crippen LogP contribution in [0, 0.1) is 0 Å². The maximum atomic E-state index is 11.8. The number of para-hydroxylation sites is 1. The Morgan fingerprint density at radius 3 is 2.62 bits per heavy atom. The average Bonchev–Trinajstić information content (AvgIpc) is 2.53. The number of carbonyl (C=O) groups excluding carboxylic acids is 1. The highest BCUT2D eigenvalue weighted by Gasteiger charge is 2.07. The molecule has 1 aromatic carbocycles. The minimum Gasteiger partial charge on any atom is -0.492 e. The van der Waals surface area contributed by atoms with E-state index in [4.69, 9.17) is 4.74 Å². The first-order chi connectivity index (χ1) is 10.3. The van der Waals surface area contributed by atoms with E-state index in [2.05, 4.69) is 20.8 Å². The highest BCUT2D eigenvalue weighted by Crippen LogP contribution is 2.07. The summed E-state index contributed by atoms with van der Waals surface area (Å²) in [5, 5.41) is 13.5. The van der Waals surface area contributed by atoms with Crippen LogP contribution in [0.4, 0.5) is 5.82 Å². The highest BCUT2D eigenvalue weighted by molar-refractivity contribution is 5.92. The van der Waals surface area contributed by atoms with Crippen molar-refractivity contribution in [2.45, 2.75) is 6.92 Å². The molecule has 0 radical (unpaired) electrons. The standard InChI is InChI=1S/C15H18N4O2/c1-2-16-14-9-8-13(18-19-14)15(20)17-10-11-21-12-6-4-3-5-7-12/h3-9H,2,10-11H2,1H3,(H,16,19)(H,17,20). The second-order valence-corrected chi connectivity index (χ2v) is 4.25. The number of nitrogens with one attached hydrogen (secondary N) is 2. The van der Waals surface area contributed by atoms with Crippen molar-refractivity contribution in [3.05, 3.63) is 48.2 Å². The van der Waals surface area contributed by atoms with Gasteiger partial charge in [-0.1, -0.05) is 18.2 Å². The molecule has 2 aromatic rings. The number of hydrogen-bond donors (Lipinski definition) is 2. The van der Waals surface area contributed by atoms with Crippen LogP contribution in [0.5, 0.6) is 5.75 Å². The van der Waals surface area contributed by atoms with Gasteiger partial charge in [-0.15, -0.1) is 10.2 Å². The summed E-state index contributed by atoms with van der Waals surface area (Å²) in [5.74, 6) is 1.17. The third kappa shape index (κ3) is 4.76. The van der Waals surface area contributed by atoms with Crippen molar-refractivity contribution >= 4 is 11.7 Å². The number of hydrogen-bond acceptors (Lipinski definition) is 5. The number of benzene rings is 1. The lowest BCUT2D eigenvalue weighted by atomic mass is 10.3. The Morgan fingerprint density at radius 1 is 1.14 bits per heavy atom. The minimum absolute atomic E-state index is 0.262. The number of amides is 1. The molecule has 2 rings (SSSR count). The van der Waals surface area contributed by atoms with Gasteiger partial charge in [0, 0.05) is 6.54 Å². The number of nitrogens with zero attached hydrogens (tertiary/aromatic N) is 2. The summed E-state index contributed by atoms with van der Waals surface area (Å²) in [6.07, 6.45) is 0. The Bertz CT molecular complexity index is 558. The van der Waals surface area contributed by atoms with Crippen LogP contribution in [0.2, 0.25) is 0 Å². The summed E-state index contributed by atoms with van der Waals surface area (Å²) in [6.45, 7) is 3.54. The molecule has 1 aromatic heterocycles. The van der Waals surface area contributed by atoms with Crippen molar-refractivity contribution in [2.24, 2.45) is 0 Å². The molecule has 6 nitrogen and oxygen atoms in total. The average molecular weight is 286 g/mol. The first kappa shape index (κ1) is 14.8. The Kier molecular flexibility index (Phi) is 5.51. The molecule has 0 saturated heterocycles. The van der Waals surface area contributed by atoms with Crippen LogP contribution in [-0.4, -0.2) is 35.8 Å².